The highest BCUT2D eigenvalue weighted by Crippen LogP contribution is 2.19. The van der Waals surface area contributed by atoms with Crippen LogP contribution in [0.1, 0.15) is 25.1 Å². The zero-order valence-corrected chi connectivity index (χ0v) is 11.8. The van der Waals surface area contributed by atoms with Gasteiger partial charge in [-0.1, -0.05) is 25.4 Å². The Morgan fingerprint density at radius 2 is 1.94 bits per heavy atom. The van der Waals surface area contributed by atoms with Gasteiger partial charge in [-0.25, -0.2) is 0 Å². The Bertz CT molecular complexity index is 351. The van der Waals surface area contributed by atoms with Gasteiger partial charge in [-0.05, 0) is 12.8 Å². The van der Waals surface area contributed by atoms with Crippen molar-refractivity contribution in [1.29, 1.82) is 0 Å². The molecule has 0 aliphatic rings. The molecule has 1 aromatic heterocycles. The zero-order chi connectivity index (χ0) is 12.8. The lowest BCUT2D eigenvalue weighted by molar-refractivity contribution is 0.0313. The van der Waals surface area contributed by atoms with Crippen LogP contribution in [0.25, 0.3) is 0 Å². The maximum atomic E-state index is 6.08. The number of hydrogen-bond acceptors (Lipinski definition) is 3. The largest absolute Gasteiger partial charge is 0.379 e. The summed E-state index contributed by atoms with van der Waals surface area (Å²) in [5, 5.41) is 4.87. The summed E-state index contributed by atoms with van der Waals surface area (Å²) in [6.45, 7) is 8.64. The maximum Gasteiger partial charge on any atom is 0.132 e. The van der Waals surface area contributed by atoms with E-state index < -0.39 is 0 Å². The van der Waals surface area contributed by atoms with Crippen LogP contribution in [0.3, 0.4) is 0 Å². The van der Waals surface area contributed by atoms with Crippen molar-refractivity contribution >= 4 is 11.6 Å². The second kappa shape index (κ2) is 6.99. The SMILES string of the molecule is Cc1nn(C)c(Cl)c1COCCOCC(C)C. The topological polar surface area (TPSA) is 36.3 Å². The van der Waals surface area contributed by atoms with Gasteiger partial charge in [0, 0.05) is 19.2 Å². The number of aryl methyl sites for hydroxylation is 2. The first-order valence-electron chi connectivity index (χ1n) is 5.85. The molecule has 1 heterocycles. The quantitative estimate of drug-likeness (QED) is 0.707. The number of halogens is 1. The van der Waals surface area contributed by atoms with E-state index in [9.17, 15) is 0 Å². The Labute approximate surface area is 108 Å². The lowest BCUT2D eigenvalue weighted by Crippen LogP contribution is -2.08. The molecule has 0 aromatic carbocycles. The first kappa shape index (κ1) is 14.5. The van der Waals surface area contributed by atoms with Gasteiger partial charge in [0.2, 0.25) is 0 Å². The summed E-state index contributed by atoms with van der Waals surface area (Å²) in [6, 6.07) is 0. The van der Waals surface area contributed by atoms with Crippen LogP contribution >= 0.6 is 11.6 Å². The van der Waals surface area contributed by atoms with Crippen molar-refractivity contribution in [1.82, 2.24) is 9.78 Å². The summed E-state index contributed by atoms with van der Waals surface area (Å²) in [6.07, 6.45) is 0. The van der Waals surface area contributed by atoms with E-state index in [0.29, 0.717) is 30.9 Å². The molecule has 17 heavy (non-hydrogen) atoms. The highest BCUT2D eigenvalue weighted by Gasteiger charge is 2.10. The molecule has 0 bridgehead atoms. The first-order valence-corrected chi connectivity index (χ1v) is 6.23. The van der Waals surface area contributed by atoms with Crippen molar-refractivity contribution in [3.63, 3.8) is 0 Å². The molecular weight excluding hydrogens is 240 g/mol. The van der Waals surface area contributed by atoms with Gasteiger partial charge in [0.05, 0.1) is 25.5 Å². The van der Waals surface area contributed by atoms with Crippen LogP contribution in [0.15, 0.2) is 0 Å². The number of nitrogens with zero attached hydrogens (tertiary/aromatic N) is 2. The van der Waals surface area contributed by atoms with E-state index in [2.05, 4.69) is 18.9 Å². The van der Waals surface area contributed by atoms with Gasteiger partial charge in [-0.2, -0.15) is 5.10 Å². The van der Waals surface area contributed by atoms with Crippen LogP contribution in [-0.2, 0) is 23.1 Å². The minimum Gasteiger partial charge on any atom is -0.379 e. The molecule has 98 valence electrons. The summed E-state index contributed by atoms with van der Waals surface area (Å²) in [5.74, 6) is 0.560. The Morgan fingerprint density at radius 1 is 1.29 bits per heavy atom. The zero-order valence-electron chi connectivity index (χ0n) is 11.0. The van der Waals surface area contributed by atoms with Crippen LogP contribution in [0.5, 0.6) is 0 Å². The molecule has 0 aliphatic heterocycles. The van der Waals surface area contributed by atoms with E-state index in [1.807, 2.05) is 14.0 Å². The summed E-state index contributed by atoms with van der Waals surface area (Å²) < 4.78 is 12.6. The van der Waals surface area contributed by atoms with Crippen LogP contribution in [0.4, 0.5) is 0 Å². The Hall–Kier alpha value is -0.580. The average molecular weight is 261 g/mol. The van der Waals surface area contributed by atoms with Crippen molar-refractivity contribution in [2.24, 2.45) is 13.0 Å². The van der Waals surface area contributed by atoms with E-state index >= 15 is 0 Å². The molecule has 0 unspecified atom stereocenters. The predicted molar refractivity (Wildman–Crippen MR) is 68.3 cm³/mol. The standard InChI is InChI=1S/C12H21ClN2O2/c1-9(2)7-16-5-6-17-8-11-10(3)14-15(4)12(11)13/h9H,5-8H2,1-4H3. The molecule has 0 fully saturated rings. The fraction of sp³-hybridized carbons (Fsp3) is 0.750. The van der Waals surface area contributed by atoms with E-state index in [-0.39, 0.29) is 0 Å². The number of ether oxygens (including phenoxy) is 2. The molecule has 0 atom stereocenters. The molecule has 1 rings (SSSR count). The van der Waals surface area contributed by atoms with Crippen molar-refractivity contribution in [3.8, 4) is 0 Å². The van der Waals surface area contributed by atoms with Gasteiger partial charge >= 0.3 is 0 Å². The molecule has 0 aliphatic carbocycles. The second-order valence-corrected chi connectivity index (χ2v) is 4.86. The second-order valence-electron chi connectivity index (χ2n) is 4.50. The van der Waals surface area contributed by atoms with Gasteiger partial charge in [0.15, 0.2) is 0 Å². The Kier molecular flexibility index (Phi) is 5.95. The van der Waals surface area contributed by atoms with Crippen molar-refractivity contribution in [2.75, 3.05) is 19.8 Å². The van der Waals surface area contributed by atoms with Gasteiger partial charge in [-0.15, -0.1) is 0 Å². The molecule has 0 saturated heterocycles. The summed E-state index contributed by atoms with van der Waals surface area (Å²) in [4.78, 5) is 0. The molecule has 0 spiro atoms. The molecule has 4 nitrogen and oxygen atoms in total. The molecular formula is C12H21ClN2O2. The highest BCUT2D eigenvalue weighted by atomic mass is 35.5. The van der Waals surface area contributed by atoms with Gasteiger partial charge in [0.1, 0.15) is 5.15 Å². The Morgan fingerprint density at radius 3 is 2.47 bits per heavy atom. The minimum atomic E-state index is 0.490. The Balaban J connectivity index is 2.22. The van der Waals surface area contributed by atoms with Crippen molar-refractivity contribution in [3.05, 3.63) is 16.4 Å². The molecule has 0 saturated carbocycles. The molecule has 1 aromatic rings. The molecule has 0 radical (unpaired) electrons. The van der Waals surface area contributed by atoms with Crippen molar-refractivity contribution < 1.29 is 9.47 Å². The van der Waals surface area contributed by atoms with Crippen LogP contribution in [0.2, 0.25) is 5.15 Å². The van der Waals surface area contributed by atoms with Crippen LogP contribution < -0.4 is 0 Å². The maximum absolute atomic E-state index is 6.08. The third-order valence-corrected chi connectivity index (χ3v) is 2.81. The smallest absolute Gasteiger partial charge is 0.132 e. The minimum absolute atomic E-state index is 0.490. The number of hydrogen-bond donors (Lipinski definition) is 0. The van der Waals surface area contributed by atoms with Gasteiger partial charge in [-0.3, -0.25) is 4.68 Å². The van der Waals surface area contributed by atoms with Gasteiger partial charge in [0.25, 0.3) is 0 Å². The number of rotatable bonds is 7. The van der Waals surface area contributed by atoms with E-state index in [4.69, 9.17) is 21.1 Å². The summed E-state index contributed by atoms with van der Waals surface area (Å²) >= 11 is 6.08. The monoisotopic (exact) mass is 260 g/mol. The van der Waals surface area contributed by atoms with E-state index in [1.165, 1.54) is 0 Å². The first-order chi connectivity index (χ1) is 8.02. The molecule has 0 N–H and O–H groups in total. The molecule has 0 amide bonds. The average Bonchev–Trinajstić information content (AvgIpc) is 2.48. The van der Waals surface area contributed by atoms with Crippen LogP contribution in [-0.4, -0.2) is 29.6 Å². The van der Waals surface area contributed by atoms with Crippen LogP contribution in [0, 0.1) is 12.8 Å². The normalized spacial score (nSPS) is 11.4. The van der Waals surface area contributed by atoms with Gasteiger partial charge < -0.3 is 9.47 Å². The molecule has 5 heteroatoms. The van der Waals surface area contributed by atoms with E-state index in [0.717, 1.165) is 17.9 Å². The fourth-order valence-electron chi connectivity index (χ4n) is 1.45. The summed E-state index contributed by atoms with van der Waals surface area (Å²) in [5.41, 5.74) is 1.87. The van der Waals surface area contributed by atoms with Crippen molar-refractivity contribution in [2.45, 2.75) is 27.4 Å². The lowest BCUT2D eigenvalue weighted by Gasteiger charge is -2.07. The summed E-state index contributed by atoms with van der Waals surface area (Å²) in [7, 11) is 1.82. The number of aromatic nitrogens is 2. The predicted octanol–water partition coefficient (Wildman–Crippen LogP) is 2.57. The lowest BCUT2D eigenvalue weighted by atomic mass is 10.2. The third-order valence-electron chi connectivity index (χ3n) is 2.34. The highest BCUT2D eigenvalue weighted by molar-refractivity contribution is 6.30. The fourth-order valence-corrected chi connectivity index (χ4v) is 1.68. The third kappa shape index (κ3) is 4.66. The van der Waals surface area contributed by atoms with E-state index in [1.54, 1.807) is 4.68 Å².